The number of aliphatic carboxylic acids is 1. The molecule has 0 atom stereocenters. The molecule has 16 heavy (non-hydrogen) atoms. The predicted molar refractivity (Wildman–Crippen MR) is 65.9 cm³/mol. The lowest BCUT2D eigenvalue weighted by molar-refractivity contribution is -0.133. The van der Waals surface area contributed by atoms with Gasteiger partial charge >= 0.3 is 5.97 Å². The topological polar surface area (TPSA) is 68.0 Å². The summed E-state index contributed by atoms with van der Waals surface area (Å²) in [6, 6.07) is 0. The highest BCUT2D eigenvalue weighted by atomic mass is 32.2. The zero-order valence-corrected chi connectivity index (χ0v) is 11.0. The molecule has 7 heteroatoms. The number of hydrogen-bond donors (Lipinski definition) is 1. The summed E-state index contributed by atoms with van der Waals surface area (Å²) < 4.78 is 2.00. The van der Waals surface area contributed by atoms with E-state index >= 15 is 0 Å². The Bertz CT molecular complexity index is 355. The van der Waals surface area contributed by atoms with E-state index in [0.717, 1.165) is 24.5 Å². The minimum atomic E-state index is -0.831. The molecule has 1 aromatic rings. The molecule has 0 spiro atoms. The van der Waals surface area contributed by atoms with Crippen molar-refractivity contribution in [1.82, 2.24) is 14.8 Å². The molecule has 1 heterocycles. The van der Waals surface area contributed by atoms with Crippen molar-refractivity contribution in [2.45, 2.75) is 30.8 Å². The Labute approximate surface area is 103 Å². The van der Waals surface area contributed by atoms with E-state index in [1.165, 1.54) is 11.8 Å². The summed E-state index contributed by atoms with van der Waals surface area (Å²) in [4.78, 5) is 10.5. The predicted octanol–water partition coefficient (Wildman–Crippen LogP) is 1.73. The summed E-state index contributed by atoms with van der Waals surface area (Å²) in [5.41, 5.74) is 0. The van der Waals surface area contributed by atoms with Gasteiger partial charge in [0.25, 0.3) is 0 Å². The number of carboxylic acids is 1. The molecular weight excluding hydrogens is 246 g/mol. The van der Waals surface area contributed by atoms with E-state index in [-0.39, 0.29) is 5.75 Å². The van der Waals surface area contributed by atoms with Crippen LogP contribution in [-0.4, -0.2) is 37.8 Å². The number of carbonyl (C=O) groups is 1. The van der Waals surface area contributed by atoms with Gasteiger partial charge in [0.1, 0.15) is 5.82 Å². The van der Waals surface area contributed by atoms with Crippen molar-refractivity contribution in [3.63, 3.8) is 0 Å². The summed E-state index contributed by atoms with van der Waals surface area (Å²) in [5.74, 6) is 0.923. The van der Waals surface area contributed by atoms with Gasteiger partial charge in [-0.3, -0.25) is 4.79 Å². The van der Waals surface area contributed by atoms with E-state index in [2.05, 4.69) is 17.1 Å². The smallest absolute Gasteiger partial charge is 0.313 e. The van der Waals surface area contributed by atoms with Gasteiger partial charge in [-0.1, -0.05) is 18.7 Å². The van der Waals surface area contributed by atoms with Crippen LogP contribution in [0.2, 0.25) is 0 Å². The van der Waals surface area contributed by atoms with Crippen LogP contribution in [0, 0.1) is 0 Å². The normalized spacial score (nSPS) is 10.6. The summed E-state index contributed by atoms with van der Waals surface area (Å²) in [7, 11) is 0. The molecule has 0 aliphatic heterocycles. The molecule has 0 aliphatic rings. The van der Waals surface area contributed by atoms with Crippen LogP contribution in [0.5, 0.6) is 0 Å². The summed E-state index contributed by atoms with van der Waals surface area (Å²) in [6.07, 6.45) is 3.00. The van der Waals surface area contributed by atoms with Gasteiger partial charge in [-0.25, -0.2) is 0 Å². The summed E-state index contributed by atoms with van der Waals surface area (Å²) in [6.45, 7) is 2.92. The zero-order valence-electron chi connectivity index (χ0n) is 9.34. The molecule has 0 fully saturated rings. The van der Waals surface area contributed by atoms with Gasteiger partial charge in [-0.2, -0.15) is 11.8 Å². The van der Waals surface area contributed by atoms with Crippen LogP contribution in [0.3, 0.4) is 0 Å². The Hall–Kier alpha value is -0.690. The maximum atomic E-state index is 10.5. The van der Waals surface area contributed by atoms with Crippen LogP contribution in [0.1, 0.15) is 19.2 Å². The van der Waals surface area contributed by atoms with Crippen LogP contribution >= 0.6 is 23.5 Å². The fraction of sp³-hybridized carbons (Fsp3) is 0.667. The van der Waals surface area contributed by atoms with E-state index in [1.807, 2.05) is 10.8 Å². The van der Waals surface area contributed by atoms with Gasteiger partial charge < -0.3 is 9.67 Å². The highest BCUT2D eigenvalue weighted by molar-refractivity contribution is 7.99. The molecule has 5 nitrogen and oxygen atoms in total. The highest BCUT2D eigenvalue weighted by Gasteiger charge is 2.12. The van der Waals surface area contributed by atoms with Crippen molar-refractivity contribution in [1.29, 1.82) is 0 Å². The van der Waals surface area contributed by atoms with Gasteiger partial charge in [0.2, 0.25) is 0 Å². The SMILES string of the molecule is CCCn1c(CSC)nnc1SCC(=O)O. The number of rotatable bonds is 7. The lowest BCUT2D eigenvalue weighted by Gasteiger charge is -2.06. The lowest BCUT2D eigenvalue weighted by Crippen LogP contribution is -2.06. The monoisotopic (exact) mass is 261 g/mol. The molecular formula is C9H15N3O2S2. The first-order chi connectivity index (χ1) is 7.69. The highest BCUT2D eigenvalue weighted by Crippen LogP contribution is 2.19. The second-order valence-electron chi connectivity index (χ2n) is 3.17. The van der Waals surface area contributed by atoms with Crippen molar-refractivity contribution in [3.8, 4) is 0 Å². The number of nitrogens with zero attached hydrogens (tertiary/aromatic N) is 3. The first-order valence-corrected chi connectivity index (χ1v) is 7.32. The molecule has 0 saturated heterocycles. The Kier molecular flexibility index (Phi) is 5.68. The average molecular weight is 261 g/mol. The molecule has 1 rings (SSSR count). The quantitative estimate of drug-likeness (QED) is 0.754. The largest absolute Gasteiger partial charge is 0.481 e. The molecule has 1 aromatic heterocycles. The van der Waals surface area contributed by atoms with E-state index in [9.17, 15) is 4.79 Å². The van der Waals surface area contributed by atoms with E-state index < -0.39 is 5.97 Å². The van der Waals surface area contributed by atoms with Crippen molar-refractivity contribution >= 4 is 29.5 Å². The van der Waals surface area contributed by atoms with Crippen LogP contribution in [0.15, 0.2) is 5.16 Å². The Balaban J connectivity index is 2.77. The molecule has 0 aliphatic carbocycles. The van der Waals surface area contributed by atoms with Crippen molar-refractivity contribution in [2.75, 3.05) is 12.0 Å². The maximum absolute atomic E-state index is 10.5. The molecule has 0 bridgehead atoms. The Morgan fingerprint density at radius 3 is 2.81 bits per heavy atom. The maximum Gasteiger partial charge on any atom is 0.313 e. The molecule has 0 saturated carbocycles. The van der Waals surface area contributed by atoms with Gasteiger partial charge in [0, 0.05) is 6.54 Å². The zero-order chi connectivity index (χ0) is 12.0. The number of aromatic nitrogens is 3. The fourth-order valence-corrected chi connectivity index (χ4v) is 2.41. The fourth-order valence-electron chi connectivity index (χ4n) is 1.24. The number of hydrogen-bond acceptors (Lipinski definition) is 5. The molecule has 0 radical (unpaired) electrons. The molecule has 1 N–H and O–H groups in total. The third kappa shape index (κ3) is 3.71. The van der Waals surface area contributed by atoms with E-state index in [1.54, 1.807) is 11.8 Å². The third-order valence-electron chi connectivity index (χ3n) is 1.84. The molecule has 0 amide bonds. The minimum absolute atomic E-state index is 0.0289. The van der Waals surface area contributed by atoms with E-state index in [4.69, 9.17) is 5.11 Å². The van der Waals surface area contributed by atoms with Crippen LogP contribution in [0.4, 0.5) is 0 Å². The van der Waals surface area contributed by atoms with Crippen LogP contribution in [0.25, 0.3) is 0 Å². The Morgan fingerprint density at radius 1 is 1.50 bits per heavy atom. The summed E-state index contributed by atoms with van der Waals surface area (Å²) >= 11 is 2.91. The number of thioether (sulfide) groups is 2. The van der Waals surface area contributed by atoms with Crippen molar-refractivity contribution in [3.05, 3.63) is 5.82 Å². The van der Waals surface area contributed by atoms with Crippen molar-refractivity contribution < 1.29 is 9.90 Å². The standard InChI is InChI=1S/C9H15N3O2S2/c1-3-4-12-7(5-15-2)10-11-9(12)16-6-8(13)14/h3-6H2,1-2H3,(H,13,14). The van der Waals surface area contributed by atoms with Gasteiger partial charge in [0.15, 0.2) is 5.16 Å². The first-order valence-electron chi connectivity index (χ1n) is 4.94. The van der Waals surface area contributed by atoms with Gasteiger partial charge in [-0.15, -0.1) is 10.2 Å². The van der Waals surface area contributed by atoms with Gasteiger partial charge in [0.05, 0.1) is 11.5 Å². The third-order valence-corrected chi connectivity index (χ3v) is 3.34. The molecule has 0 unspecified atom stereocenters. The molecule has 0 aromatic carbocycles. The second-order valence-corrected chi connectivity index (χ2v) is 4.97. The summed E-state index contributed by atoms with van der Waals surface area (Å²) in [5, 5.41) is 17.4. The average Bonchev–Trinajstić information content (AvgIpc) is 2.60. The van der Waals surface area contributed by atoms with Crippen molar-refractivity contribution in [2.24, 2.45) is 0 Å². The lowest BCUT2D eigenvalue weighted by atomic mass is 10.5. The van der Waals surface area contributed by atoms with Crippen LogP contribution in [-0.2, 0) is 17.1 Å². The Morgan fingerprint density at radius 2 is 2.25 bits per heavy atom. The van der Waals surface area contributed by atoms with Crippen LogP contribution < -0.4 is 0 Å². The second kappa shape index (κ2) is 6.80. The van der Waals surface area contributed by atoms with Gasteiger partial charge in [-0.05, 0) is 12.7 Å². The minimum Gasteiger partial charge on any atom is -0.481 e. The van der Waals surface area contributed by atoms with E-state index in [0.29, 0.717) is 5.16 Å². The molecule has 90 valence electrons. The number of carboxylic acid groups (broad SMARTS) is 1. The first kappa shape index (κ1) is 13.4.